The van der Waals surface area contributed by atoms with Crippen molar-refractivity contribution < 1.29 is 23.8 Å². The number of hydrogen-bond donors (Lipinski definition) is 1. The molecule has 31 heavy (non-hydrogen) atoms. The lowest BCUT2D eigenvalue weighted by Gasteiger charge is -2.22. The minimum atomic E-state index is -0.810. The van der Waals surface area contributed by atoms with Gasteiger partial charge in [0.2, 0.25) is 5.78 Å². The highest BCUT2D eigenvalue weighted by molar-refractivity contribution is 6.23. The van der Waals surface area contributed by atoms with E-state index in [0.717, 1.165) is 36.8 Å². The van der Waals surface area contributed by atoms with Gasteiger partial charge in [-0.3, -0.25) is 4.79 Å². The van der Waals surface area contributed by atoms with Crippen molar-refractivity contribution >= 4 is 11.8 Å². The number of ether oxygens (including phenoxy) is 1. The summed E-state index contributed by atoms with van der Waals surface area (Å²) in [5, 5.41) is 11.1. The van der Waals surface area contributed by atoms with E-state index >= 15 is 0 Å². The molecule has 2 aromatic rings. The average Bonchev–Trinajstić information content (AvgIpc) is 3.07. The first-order valence-corrected chi connectivity index (χ1v) is 11.0. The minimum absolute atomic E-state index is 0.239. The fourth-order valence-electron chi connectivity index (χ4n) is 4.70. The lowest BCUT2D eigenvalue weighted by Crippen LogP contribution is -2.22. The fourth-order valence-corrected chi connectivity index (χ4v) is 4.70. The molecule has 1 aliphatic carbocycles. The van der Waals surface area contributed by atoms with Crippen LogP contribution in [0.3, 0.4) is 0 Å². The van der Waals surface area contributed by atoms with Crippen LogP contribution in [0.25, 0.3) is 0 Å². The van der Waals surface area contributed by atoms with Crippen LogP contribution in [0.5, 0.6) is 0 Å². The number of carbonyl (C=O) groups excluding carboxylic acids is 2. The van der Waals surface area contributed by atoms with Crippen LogP contribution in [-0.2, 0) is 20.7 Å². The maximum Gasteiger partial charge on any atom is 0.346 e. The van der Waals surface area contributed by atoms with Crippen molar-refractivity contribution in [2.45, 2.75) is 57.0 Å². The van der Waals surface area contributed by atoms with Gasteiger partial charge < -0.3 is 9.84 Å². The van der Waals surface area contributed by atoms with E-state index < -0.39 is 23.8 Å². The minimum Gasteiger partial charge on any atom is -0.511 e. The van der Waals surface area contributed by atoms with Gasteiger partial charge in [0.25, 0.3) is 0 Å². The van der Waals surface area contributed by atoms with Crippen LogP contribution in [0, 0.1) is 11.7 Å². The maximum atomic E-state index is 13.3. The van der Waals surface area contributed by atoms with Gasteiger partial charge >= 0.3 is 5.97 Å². The van der Waals surface area contributed by atoms with Crippen LogP contribution in [0.1, 0.15) is 55.6 Å². The predicted molar refractivity (Wildman–Crippen MR) is 115 cm³/mol. The Labute approximate surface area is 181 Å². The number of cyclic esters (lactones) is 1. The smallest absolute Gasteiger partial charge is 0.346 e. The Morgan fingerprint density at radius 3 is 2.35 bits per heavy atom. The Bertz CT molecular complexity index is 959. The van der Waals surface area contributed by atoms with Crippen LogP contribution in [0.15, 0.2) is 65.9 Å². The molecule has 2 aliphatic rings. The van der Waals surface area contributed by atoms with Gasteiger partial charge in [-0.25, -0.2) is 9.18 Å². The zero-order valence-corrected chi connectivity index (χ0v) is 17.4. The summed E-state index contributed by atoms with van der Waals surface area (Å²) in [6.45, 7) is 0. The molecule has 0 amide bonds. The molecule has 162 valence electrons. The van der Waals surface area contributed by atoms with Crippen LogP contribution in [0.2, 0.25) is 0 Å². The van der Waals surface area contributed by atoms with Gasteiger partial charge in [-0.15, -0.1) is 0 Å². The molecule has 1 saturated carbocycles. The Morgan fingerprint density at radius 2 is 1.68 bits per heavy atom. The van der Waals surface area contributed by atoms with Crippen molar-refractivity contribution in [1.82, 2.24) is 0 Å². The van der Waals surface area contributed by atoms with E-state index in [9.17, 15) is 19.1 Å². The van der Waals surface area contributed by atoms with E-state index in [1.54, 1.807) is 12.1 Å². The summed E-state index contributed by atoms with van der Waals surface area (Å²) in [5.41, 5.74) is 1.32. The van der Waals surface area contributed by atoms with Crippen molar-refractivity contribution in [1.29, 1.82) is 0 Å². The molecule has 2 unspecified atom stereocenters. The monoisotopic (exact) mass is 422 g/mol. The van der Waals surface area contributed by atoms with Crippen molar-refractivity contribution in [3.63, 3.8) is 0 Å². The zero-order valence-electron chi connectivity index (χ0n) is 17.4. The number of esters is 1. The summed E-state index contributed by atoms with van der Waals surface area (Å²) >= 11 is 0. The molecule has 2 fully saturated rings. The van der Waals surface area contributed by atoms with E-state index in [1.165, 1.54) is 18.6 Å². The van der Waals surface area contributed by atoms with Crippen molar-refractivity contribution in [2.24, 2.45) is 5.92 Å². The Balaban J connectivity index is 1.62. The van der Waals surface area contributed by atoms with E-state index in [4.69, 9.17) is 4.74 Å². The highest BCUT2D eigenvalue weighted by Gasteiger charge is 2.43. The third-order valence-electron chi connectivity index (χ3n) is 6.41. The second kappa shape index (κ2) is 9.46. The molecule has 1 saturated heterocycles. The number of benzene rings is 2. The summed E-state index contributed by atoms with van der Waals surface area (Å²) in [5.74, 6) is -2.01. The number of allylic oxidation sites excluding steroid dienone is 1. The number of Topliss-reactive ketones (excluding diaryl/α,β-unsaturated/α-hetero) is 1. The predicted octanol–water partition coefficient (Wildman–Crippen LogP) is 5.43. The van der Waals surface area contributed by atoms with Gasteiger partial charge in [0.05, 0.1) is 0 Å². The summed E-state index contributed by atoms with van der Waals surface area (Å²) in [6.07, 6.45) is 5.62. The van der Waals surface area contributed by atoms with Gasteiger partial charge in [-0.1, -0.05) is 74.6 Å². The topological polar surface area (TPSA) is 63.6 Å². The Hall–Kier alpha value is -2.95. The molecular formula is C26H27FO4. The van der Waals surface area contributed by atoms with E-state index in [-0.39, 0.29) is 17.1 Å². The number of aliphatic hydroxyl groups is 1. The molecule has 0 radical (unpaired) electrons. The number of ketones is 1. The zero-order chi connectivity index (χ0) is 21.8. The lowest BCUT2D eigenvalue weighted by molar-refractivity contribution is -0.141. The average molecular weight is 422 g/mol. The third kappa shape index (κ3) is 4.87. The lowest BCUT2D eigenvalue weighted by atomic mass is 9.83. The maximum absolute atomic E-state index is 13.3. The van der Waals surface area contributed by atoms with Gasteiger partial charge in [-0.2, -0.15) is 0 Å². The van der Waals surface area contributed by atoms with Crippen LogP contribution >= 0.6 is 0 Å². The van der Waals surface area contributed by atoms with Crippen LogP contribution in [-0.4, -0.2) is 23.0 Å². The highest BCUT2D eigenvalue weighted by atomic mass is 19.1. The molecule has 0 bridgehead atoms. The van der Waals surface area contributed by atoms with Gasteiger partial charge in [0.15, 0.2) is 6.10 Å². The van der Waals surface area contributed by atoms with Crippen molar-refractivity contribution in [2.75, 3.05) is 0 Å². The first-order chi connectivity index (χ1) is 15.0. The molecule has 4 nitrogen and oxygen atoms in total. The molecule has 1 aliphatic heterocycles. The highest BCUT2D eigenvalue weighted by Crippen LogP contribution is 2.35. The first kappa shape index (κ1) is 21.3. The molecule has 1 N–H and O–H groups in total. The number of halogens is 1. The summed E-state index contributed by atoms with van der Waals surface area (Å²) < 4.78 is 18.7. The number of hydrogen-bond acceptors (Lipinski definition) is 4. The largest absolute Gasteiger partial charge is 0.511 e. The Morgan fingerprint density at radius 1 is 1.00 bits per heavy atom. The molecule has 0 aromatic heterocycles. The van der Waals surface area contributed by atoms with E-state index in [0.29, 0.717) is 18.8 Å². The molecule has 1 heterocycles. The molecule has 4 rings (SSSR count). The van der Waals surface area contributed by atoms with Gasteiger partial charge in [-0.05, 0) is 42.0 Å². The second-order valence-corrected chi connectivity index (χ2v) is 8.55. The number of rotatable bonds is 6. The normalized spacial score (nSPS) is 22.3. The standard InChI is InChI=1S/C26H27FO4/c27-20-13-11-18(12-14-20)15-21(19-9-5-2-6-10-19)24(28)23-25(29)22(31-26(23)30)16-17-7-3-1-4-8-17/h2,5-6,9-14,17,21-22,28H,1,3-4,7-8,15-16H2. The number of carbonyl (C=O) groups is 2. The first-order valence-electron chi connectivity index (χ1n) is 11.0. The molecule has 2 atom stereocenters. The summed E-state index contributed by atoms with van der Waals surface area (Å²) in [6, 6.07) is 15.2. The quantitative estimate of drug-likeness (QED) is 0.292. The molecular weight excluding hydrogens is 395 g/mol. The van der Waals surface area contributed by atoms with Crippen molar-refractivity contribution in [3.8, 4) is 0 Å². The SMILES string of the molecule is O=C1OC(CC2CCCCC2)C(=O)C1=C(O)C(Cc1ccc(F)cc1)c1ccccc1. The fraction of sp³-hybridized carbons (Fsp3) is 0.385. The van der Waals surface area contributed by atoms with Crippen LogP contribution in [0.4, 0.5) is 4.39 Å². The third-order valence-corrected chi connectivity index (χ3v) is 6.41. The second-order valence-electron chi connectivity index (χ2n) is 8.55. The van der Waals surface area contributed by atoms with E-state index in [2.05, 4.69) is 0 Å². The molecule has 2 aromatic carbocycles. The molecule has 5 heteroatoms. The molecule has 0 spiro atoms. The van der Waals surface area contributed by atoms with Gasteiger partial charge in [0.1, 0.15) is 17.1 Å². The van der Waals surface area contributed by atoms with Crippen LogP contribution < -0.4 is 0 Å². The number of aliphatic hydroxyl groups excluding tert-OH is 1. The van der Waals surface area contributed by atoms with Gasteiger partial charge in [0, 0.05) is 5.92 Å². The Kier molecular flexibility index (Phi) is 6.50. The summed E-state index contributed by atoms with van der Waals surface area (Å²) in [7, 11) is 0. The van der Waals surface area contributed by atoms with E-state index in [1.807, 2.05) is 30.3 Å². The summed E-state index contributed by atoms with van der Waals surface area (Å²) in [4.78, 5) is 25.7. The van der Waals surface area contributed by atoms with Crippen molar-refractivity contribution in [3.05, 3.63) is 82.9 Å².